The number of thiazole rings is 1. The van der Waals surface area contributed by atoms with Crippen molar-refractivity contribution >= 4 is 38.3 Å². The molecule has 8 heteroatoms. The number of nitrogens with zero attached hydrogens (tertiary/aromatic N) is 4. The number of carbonyl (C=O) groups excluding carboxylic acids is 1. The molecule has 6 nitrogen and oxygen atoms in total. The van der Waals surface area contributed by atoms with Crippen molar-refractivity contribution in [3.8, 4) is 5.75 Å². The van der Waals surface area contributed by atoms with Crippen molar-refractivity contribution in [2.75, 3.05) is 56.7 Å². The van der Waals surface area contributed by atoms with Gasteiger partial charge in [0.05, 0.1) is 24.0 Å². The third-order valence-corrected chi connectivity index (χ3v) is 6.25. The van der Waals surface area contributed by atoms with Crippen LogP contribution >= 0.6 is 11.3 Å². The van der Waals surface area contributed by atoms with Crippen molar-refractivity contribution in [3.63, 3.8) is 0 Å². The van der Waals surface area contributed by atoms with Crippen molar-refractivity contribution in [1.29, 1.82) is 0 Å². The number of benzene rings is 2. The topological polar surface area (TPSA) is 48.9 Å². The Morgan fingerprint density at radius 1 is 1.17 bits per heavy atom. The zero-order chi connectivity index (χ0) is 20.4. The maximum Gasteiger partial charge on any atom is 0.242 e. The van der Waals surface area contributed by atoms with Crippen LogP contribution in [0.5, 0.6) is 5.75 Å². The number of carbonyl (C=O) groups is 1. The summed E-state index contributed by atoms with van der Waals surface area (Å²) in [6.07, 6.45) is 0. The molecule has 1 aromatic heterocycles. The Morgan fingerprint density at radius 3 is 2.66 bits per heavy atom. The number of hydrogen-bond donors (Lipinski definition) is 0. The first-order valence-electron chi connectivity index (χ1n) is 9.49. The van der Waals surface area contributed by atoms with Crippen LogP contribution in [0.25, 0.3) is 10.2 Å². The third kappa shape index (κ3) is 3.98. The van der Waals surface area contributed by atoms with Gasteiger partial charge in [0.15, 0.2) is 5.13 Å². The molecular formula is C21H23FN4O2S. The van der Waals surface area contributed by atoms with Gasteiger partial charge in [0, 0.05) is 33.2 Å². The second kappa shape index (κ2) is 8.24. The van der Waals surface area contributed by atoms with E-state index in [1.807, 2.05) is 46.0 Å². The summed E-state index contributed by atoms with van der Waals surface area (Å²) >= 11 is 1.54. The molecule has 0 unspecified atom stereocenters. The maximum absolute atomic E-state index is 14.0. The summed E-state index contributed by atoms with van der Waals surface area (Å²) < 4.78 is 20.4. The molecule has 1 saturated heterocycles. The molecule has 152 valence electrons. The fraction of sp³-hybridized carbons (Fsp3) is 0.333. The number of aromatic nitrogens is 1. The number of amides is 1. The molecule has 2 aromatic carbocycles. The second-order valence-electron chi connectivity index (χ2n) is 6.98. The summed E-state index contributed by atoms with van der Waals surface area (Å²) in [4.78, 5) is 23.1. The molecule has 1 fully saturated rings. The minimum atomic E-state index is -0.224. The molecule has 3 aromatic rings. The SMILES string of the molecule is COc1cccc2sc(N(C)CC(=O)N3CCN(c4ccccc4F)CC3)nc12. The predicted octanol–water partition coefficient (Wildman–Crippen LogP) is 3.23. The van der Waals surface area contributed by atoms with Gasteiger partial charge in [-0.25, -0.2) is 9.37 Å². The fourth-order valence-electron chi connectivity index (χ4n) is 3.52. The number of anilines is 2. The zero-order valence-electron chi connectivity index (χ0n) is 16.5. The quantitative estimate of drug-likeness (QED) is 0.642. The van der Waals surface area contributed by atoms with E-state index in [9.17, 15) is 9.18 Å². The number of piperazine rings is 1. The number of ether oxygens (including phenoxy) is 1. The average molecular weight is 415 g/mol. The monoisotopic (exact) mass is 414 g/mol. The predicted molar refractivity (Wildman–Crippen MR) is 115 cm³/mol. The van der Waals surface area contributed by atoms with Gasteiger partial charge in [-0.05, 0) is 24.3 Å². The van der Waals surface area contributed by atoms with Gasteiger partial charge in [0.2, 0.25) is 5.91 Å². The number of methoxy groups -OCH3 is 1. The van der Waals surface area contributed by atoms with Crippen molar-refractivity contribution in [2.24, 2.45) is 0 Å². The lowest BCUT2D eigenvalue weighted by Gasteiger charge is -2.36. The lowest BCUT2D eigenvalue weighted by atomic mass is 10.2. The third-order valence-electron chi connectivity index (χ3n) is 5.12. The molecule has 29 heavy (non-hydrogen) atoms. The average Bonchev–Trinajstić information content (AvgIpc) is 3.19. The van der Waals surface area contributed by atoms with Crippen LogP contribution in [0, 0.1) is 5.82 Å². The molecule has 4 rings (SSSR count). The van der Waals surface area contributed by atoms with E-state index in [2.05, 4.69) is 4.98 Å². The molecule has 0 atom stereocenters. The Bertz CT molecular complexity index is 1020. The van der Waals surface area contributed by atoms with E-state index in [0.717, 1.165) is 21.1 Å². The minimum Gasteiger partial charge on any atom is -0.494 e. The highest BCUT2D eigenvalue weighted by atomic mass is 32.1. The summed E-state index contributed by atoms with van der Waals surface area (Å²) in [5, 5.41) is 0.780. The largest absolute Gasteiger partial charge is 0.494 e. The second-order valence-corrected chi connectivity index (χ2v) is 7.99. The van der Waals surface area contributed by atoms with E-state index in [-0.39, 0.29) is 18.3 Å². The summed E-state index contributed by atoms with van der Waals surface area (Å²) in [7, 11) is 3.50. The fourth-order valence-corrected chi connectivity index (χ4v) is 4.46. The van der Waals surface area contributed by atoms with Crippen LogP contribution in [0.1, 0.15) is 0 Å². The minimum absolute atomic E-state index is 0.0481. The van der Waals surface area contributed by atoms with E-state index in [0.29, 0.717) is 31.9 Å². The first-order valence-corrected chi connectivity index (χ1v) is 10.3. The van der Waals surface area contributed by atoms with Crippen LogP contribution < -0.4 is 14.5 Å². The highest BCUT2D eigenvalue weighted by Crippen LogP contribution is 2.33. The van der Waals surface area contributed by atoms with E-state index in [1.165, 1.54) is 17.4 Å². The lowest BCUT2D eigenvalue weighted by Crippen LogP contribution is -2.51. The number of likely N-dealkylation sites (N-methyl/N-ethyl adjacent to an activating group) is 1. The number of para-hydroxylation sites is 2. The highest BCUT2D eigenvalue weighted by molar-refractivity contribution is 7.22. The molecular weight excluding hydrogens is 391 g/mol. The van der Waals surface area contributed by atoms with Crippen LogP contribution in [0.3, 0.4) is 0 Å². The molecule has 1 aliphatic rings. The molecule has 2 heterocycles. The summed E-state index contributed by atoms with van der Waals surface area (Å²) in [6, 6.07) is 12.6. The molecule has 0 saturated carbocycles. The smallest absolute Gasteiger partial charge is 0.242 e. The zero-order valence-corrected chi connectivity index (χ0v) is 17.3. The van der Waals surface area contributed by atoms with Crippen LogP contribution in [-0.4, -0.2) is 62.7 Å². The normalized spacial score (nSPS) is 14.3. The highest BCUT2D eigenvalue weighted by Gasteiger charge is 2.24. The number of hydrogen-bond acceptors (Lipinski definition) is 6. The van der Waals surface area contributed by atoms with Gasteiger partial charge >= 0.3 is 0 Å². The lowest BCUT2D eigenvalue weighted by molar-refractivity contribution is -0.129. The summed E-state index contributed by atoms with van der Waals surface area (Å²) in [5.41, 5.74) is 1.41. The van der Waals surface area contributed by atoms with Crippen molar-refractivity contribution in [3.05, 3.63) is 48.3 Å². The van der Waals surface area contributed by atoms with E-state index < -0.39 is 0 Å². The molecule has 0 bridgehead atoms. The Hall–Kier alpha value is -2.87. The van der Waals surface area contributed by atoms with E-state index in [1.54, 1.807) is 19.2 Å². The number of fused-ring (bicyclic) bond motifs is 1. The Morgan fingerprint density at radius 2 is 1.93 bits per heavy atom. The molecule has 0 N–H and O–H groups in total. The van der Waals surface area contributed by atoms with Gasteiger partial charge in [-0.1, -0.05) is 29.5 Å². The van der Waals surface area contributed by atoms with Crippen molar-refractivity contribution in [1.82, 2.24) is 9.88 Å². The van der Waals surface area contributed by atoms with Gasteiger partial charge in [0.25, 0.3) is 0 Å². The Labute approximate surface area is 173 Å². The number of rotatable bonds is 5. The molecule has 1 aliphatic heterocycles. The first-order chi connectivity index (χ1) is 14.1. The summed E-state index contributed by atoms with van der Waals surface area (Å²) in [6.45, 7) is 2.65. The molecule has 0 aliphatic carbocycles. The van der Waals surface area contributed by atoms with Gasteiger partial charge in [-0.3, -0.25) is 4.79 Å². The van der Waals surface area contributed by atoms with Crippen LogP contribution in [0.15, 0.2) is 42.5 Å². The standard InChI is InChI=1S/C21H23FN4O2S/c1-24(21-23-20-17(28-2)8-5-9-18(20)29-21)14-19(27)26-12-10-25(11-13-26)16-7-4-3-6-15(16)22/h3-9H,10-14H2,1-2H3. The van der Waals surface area contributed by atoms with Gasteiger partial charge in [0.1, 0.15) is 17.1 Å². The Kier molecular flexibility index (Phi) is 5.53. The van der Waals surface area contributed by atoms with Crippen molar-refractivity contribution < 1.29 is 13.9 Å². The van der Waals surface area contributed by atoms with E-state index in [4.69, 9.17) is 4.74 Å². The first kappa shape index (κ1) is 19.4. The van der Waals surface area contributed by atoms with E-state index >= 15 is 0 Å². The van der Waals surface area contributed by atoms with Gasteiger partial charge in [-0.15, -0.1) is 0 Å². The van der Waals surface area contributed by atoms with Crippen LogP contribution in [-0.2, 0) is 4.79 Å². The molecule has 1 amide bonds. The van der Waals surface area contributed by atoms with Crippen molar-refractivity contribution in [2.45, 2.75) is 0 Å². The molecule has 0 radical (unpaired) electrons. The maximum atomic E-state index is 14.0. The Balaban J connectivity index is 1.38. The summed E-state index contributed by atoms with van der Waals surface area (Å²) in [5.74, 6) is 0.555. The van der Waals surface area contributed by atoms with Crippen LogP contribution in [0.2, 0.25) is 0 Å². The van der Waals surface area contributed by atoms with Gasteiger partial charge < -0.3 is 19.4 Å². The molecule has 0 spiro atoms. The number of halogens is 1. The van der Waals surface area contributed by atoms with Gasteiger partial charge in [-0.2, -0.15) is 0 Å². The van der Waals surface area contributed by atoms with Crippen LogP contribution in [0.4, 0.5) is 15.2 Å².